The molecule has 0 saturated heterocycles. The minimum atomic E-state index is -3.70. The Kier molecular flexibility index (Phi) is 4.70. The van der Waals surface area contributed by atoms with E-state index in [4.69, 9.17) is 11.6 Å². The van der Waals surface area contributed by atoms with Crippen LogP contribution in [0.3, 0.4) is 0 Å². The number of hydrogen-bond acceptors (Lipinski definition) is 4. The summed E-state index contributed by atoms with van der Waals surface area (Å²) in [5.74, 6) is -0.972. The van der Waals surface area contributed by atoms with Crippen molar-refractivity contribution in [3.63, 3.8) is 0 Å². The van der Waals surface area contributed by atoms with Crippen LogP contribution < -0.4 is 10.4 Å². The van der Waals surface area contributed by atoms with Crippen LogP contribution in [-0.4, -0.2) is 22.8 Å². The van der Waals surface area contributed by atoms with Gasteiger partial charge in [-0.05, 0) is 37.6 Å². The molecule has 0 fully saturated rings. The van der Waals surface area contributed by atoms with Crippen molar-refractivity contribution in [2.24, 2.45) is 0 Å². The molecule has 5 nitrogen and oxygen atoms in total. The first-order valence-corrected chi connectivity index (χ1v) is 9.00. The van der Waals surface area contributed by atoms with Gasteiger partial charge in [0, 0.05) is 23.6 Å². The van der Waals surface area contributed by atoms with E-state index < -0.39 is 18.6 Å². The van der Waals surface area contributed by atoms with E-state index in [0.717, 1.165) is 0 Å². The van der Waals surface area contributed by atoms with E-state index in [1.54, 1.807) is 30.9 Å². The van der Waals surface area contributed by atoms with Crippen molar-refractivity contribution < 1.29 is 17.9 Å². The molecule has 2 aromatic rings. The molecule has 0 aliphatic rings. The molecule has 1 aromatic heterocycles. The number of aromatic nitrogens is 2. The summed E-state index contributed by atoms with van der Waals surface area (Å²) in [6.07, 6.45) is 0. The lowest BCUT2D eigenvalue weighted by Crippen LogP contribution is -2.24. The lowest BCUT2D eigenvalue weighted by molar-refractivity contribution is 0.0551. The molecule has 0 aliphatic heterocycles. The molecule has 0 radical (unpaired) electrons. The number of nitrogens with one attached hydrogen (secondary N) is 1. The summed E-state index contributed by atoms with van der Waals surface area (Å²) in [4.78, 5) is 3.55. The summed E-state index contributed by atoms with van der Waals surface area (Å²) in [6.45, 7) is 5.43. The predicted molar refractivity (Wildman–Crippen MR) is 80.9 cm³/mol. The van der Waals surface area contributed by atoms with Gasteiger partial charge in [0.15, 0.2) is 7.29 Å². The molecule has 0 spiro atoms. The SMILES string of the molecule is CC(C)NP(C)(=O)c1ccc(-c2noc(C(F)(F)Cl)n2)cc1. The maximum absolute atomic E-state index is 12.8. The molecule has 0 saturated carbocycles. The van der Waals surface area contributed by atoms with Crippen LogP contribution >= 0.6 is 18.9 Å². The van der Waals surface area contributed by atoms with E-state index in [-0.39, 0.29) is 11.9 Å². The Labute approximate surface area is 131 Å². The van der Waals surface area contributed by atoms with Crippen LogP contribution in [0.4, 0.5) is 8.78 Å². The third-order valence-corrected chi connectivity index (χ3v) is 5.25. The standard InChI is InChI=1S/C13H15ClF2N3O2P/c1-8(2)19-22(3,20)10-6-4-9(5-7-10)11-17-12(21-18-11)13(14,15)16/h4-8H,1-3H3,(H,19,20). The van der Waals surface area contributed by atoms with Crippen molar-refractivity contribution in [1.82, 2.24) is 15.2 Å². The van der Waals surface area contributed by atoms with Crippen LogP contribution in [-0.2, 0) is 9.95 Å². The highest BCUT2D eigenvalue weighted by molar-refractivity contribution is 7.69. The summed E-state index contributed by atoms with van der Waals surface area (Å²) < 4.78 is 42.7. The topological polar surface area (TPSA) is 68.0 Å². The van der Waals surface area contributed by atoms with Crippen LogP contribution in [0, 0.1) is 0 Å². The first kappa shape index (κ1) is 17.1. The molecule has 9 heteroatoms. The van der Waals surface area contributed by atoms with E-state index in [2.05, 4.69) is 19.8 Å². The van der Waals surface area contributed by atoms with E-state index in [1.165, 1.54) is 0 Å². The average Bonchev–Trinajstić information content (AvgIpc) is 2.86. The molecule has 120 valence electrons. The molecule has 1 atom stereocenters. The molecule has 1 N–H and O–H groups in total. The Morgan fingerprint density at radius 3 is 2.36 bits per heavy atom. The Morgan fingerprint density at radius 1 is 1.32 bits per heavy atom. The molecular formula is C13H15ClF2N3O2P. The molecule has 1 heterocycles. The summed E-state index contributed by atoms with van der Waals surface area (Å²) >= 11 is 4.82. The van der Waals surface area contributed by atoms with E-state index in [0.29, 0.717) is 10.9 Å². The lowest BCUT2D eigenvalue weighted by Gasteiger charge is -2.18. The fourth-order valence-corrected chi connectivity index (χ4v) is 3.85. The van der Waals surface area contributed by atoms with Crippen molar-refractivity contribution in [2.45, 2.75) is 25.3 Å². The van der Waals surface area contributed by atoms with Crippen molar-refractivity contribution in [1.29, 1.82) is 0 Å². The summed E-state index contributed by atoms with van der Waals surface area (Å²) in [5, 5.41) is 3.38. The van der Waals surface area contributed by atoms with E-state index in [1.807, 2.05) is 13.8 Å². The minimum Gasteiger partial charge on any atom is -0.331 e. The summed E-state index contributed by atoms with van der Waals surface area (Å²) in [6, 6.07) is 6.53. The highest BCUT2D eigenvalue weighted by atomic mass is 35.5. The first-order valence-electron chi connectivity index (χ1n) is 6.47. The third-order valence-electron chi connectivity index (χ3n) is 2.79. The normalized spacial score (nSPS) is 15.0. The number of alkyl halides is 3. The molecule has 1 unspecified atom stereocenters. The zero-order chi connectivity index (χ0) is 16.5. The van der Waals surface area contributed by atoms with E-state index >= 15 is 0 Å². The second-order valence-electron chi connectivity index (χ2n) is 5.18. The largest absolute Gasteiger partial charge is 0.400 e. The predicted octanol–water partition coefficient (Wildman–Crippen LogP) is 3.56. The number of nitrogens with zero attached hydrogens (tertiary/aromatic N) is 2. The molecule has 0 aliphatic carbocycles. The van der Waals surface area contributed by atoms with Crippen LogP contribution in [0.25, 0.3) is 11.4 Å². The van der Waals surface area contributed by atoms with Crippen molar-refractivity contribution in [3.8, 4) is 11.4 Å². The second kappa shape index (κ2) is 6.07. The highest BCUT2D eigenvalue weighted by Gasteiger charge is 2.35. The maximum atomic E-state index is 12.8. The Hall–Kier alpha value is -1.30. The van der Waals surface area contributed by atoms with Crippen LogP contribution in [0.1, 0.15) is 19.7 Å². The minimum absolute atomic E-state index is 0.00960. The maximum Gasteiger partial charge on any atom is 0.400 e. The molecule has 2 rings (SSSR count). The van der Waals surface area contributed by atoms with Crippen molar-refractivity contribution in [2.75, 3.05) is 6.66 Å². The first-order chi connectivity index (χ1) is 10.1. The zero-order valence-corrected chi connectivity index (χ0v) is 13.8. The quantitative estimate of drug-likeness (QED) is 0.660. The van der Waals surface area contributed by atoms with Crippen molar-refractivity contribution >= 4 is 24.2 Å². The molecule has 0 bridgehead atoms. The zero-order valence-electron chi connectivity index (χ0n) is 12.2. The fraction of sp³-hybridized carbons (Fsp3) is 0.385. The van der Waals surface area contributed by atoms with Gasteiger partial charge in [0.25, 0.3) is 0 Å². The smallest absolute Gasteiger partial charge is 0.331 e. The Balaban J connectivity index is 2.26. The molecule has 1 aromatic carbocycles. The number of benzene rings is 1. The Bertz CT molecular complexity index is 698. The van der Waals surface area contributed by atoms with Gasteiger partial charge >= 0.3 is 11.3 Å². The lowest BCUT2D eigenvalue weighted by atomic mass is 10.2. The number of hydrogen-bond donors (Lipinski definition) is 1. The fourth-order valence-electron chi connectivity index (χ4n) is 1.92. The molecule has 22 heavy (non-hydrogen) atoms. The van der Waals surface area contributed by atoms with Gasteiger partial charge in [-0.25, -0.2) is 0 Å². The molecule has 0 amide bonds. The highest BCUT2D eigenvalue weighted by Crippen LogP contribution is 2.36. The average molecular weight is 350 g/mol. The monoisotopic (exact) mass is 349 g/mol. The number of rotatable bonds is 5. The second-order valence-corrected chi connectivity index (χ2v) is 8.27. The van der Waals surface area contributed by atoms with E-state index in [9.17, 15) is 13.3 Å². The Morgan fingerprint density at radius 2 is 1.91 bits per heavy atom. The summed E-state index contributed by atoms with van der Waals surface area (Å²) in [7, 11) is -2.69. The number of halogens is 3. The van der Waals surface area contributed by atoms with Crippen LogP contribution in [0.15, 0.2) is 28.8 Å². The van der Waals surface area contributed by atoms with Gasteiger partial charge in [-0.3, -0.25) is 5.09 Å². The van der Waals surface area contributed by atoms with Crippen LogP contribution in [0.5, 0.6) is 0 Å². The van der Waals surface area contributed by atoms with Gasteiger partial charge in [0.2, 0.25) is 5.82 Å². The molecular weight excluding hydrogens is 335 g/mol. The van der Waals surface area contributed by atoms with Gasteiger partial charge in [-0.15, -0.1) is 0 Å². The van der Waals surface area contributed by atoms with Gasteiger partial charge in [-0.1, -0.05) is 17.3 Å². The summed E-state index contributed by atoms with van der Waals surface area (Å²) in [5.41, 5.74) is 0.462. The van der Waals surface area contributed by atoms with Crippen LogP contribution in [0.2, 0.25) is 0 Å². The van der Waals surface area contributed by atoms with Gasteiger partial charge in [-0.2, -0.15) is 13.8 Å². The van der Waals surface area contributed by atoms with Gasteiger partial charge < -0.3 is 9.09 Å². The van der Waals surface area contributed by atoms with Gasteiger partial charge in [0.1, 0.15) is 0 Å². The van der Waals surface area contributed by atoms with Crippen molar-refractivity contribution in [3.05, 3.63) is 30.2 Å². The third kappa shape index (κ3) is 3.91. The van der Waals surface area contributed by atoms with Gasteiger partial charge in [0.05, 0.1) is 0 Å².